The van der Waals surface area contributed by atoms with Gasteiger partial charge in [0, 0.05) is 58.4 Å². The maximum absolute atomic E-state index is 13.4. The SMILES string of the molecule is CCN(C(=O)OCc1ccccc1)c1ccc2cc(C3C4=C(CC(C)(C)CC4)NN3COCC[Si](C)(C)C)n(COCC[Si](C)(C)C)c2c1. The normalized spacial score (nSPS) is 18.1. The Balaban J connectivity index is 1.49. The van der Waals surface area contributed by atoms with E-state index in [4.69, 9.17) is 14.2 Å². The topological polar surface area (TPSA) is 68.2 Å². The molecule has 2 heterocycles. The molecular formula is C39H60N4O4Si2. The van der Waals surface area contributed by atoms with Crippen LogP contribution < -0.4 is 10.3 Å². The predicted octanol–water partition coefficient (Wildman–Crippen LogP) is 9.75. The first-order valence-corrected chi connectivity index (χ1v) is 25.6. The van der Waals surface area contributed by atoms with Gasteiger partial charge in [-0.2, -0.15) is 5.01 Å². The van der Waals surface area contributed by atoms with E-state index in [0.717, 1.165) is 66.7 Å². The standard InChI is InChI=1S/C39H60N4O4Si2/c1-10-41(38(44)47-27-30-14-12-11-13-15-30)32-17-16-31-24-36(42(35(31)25-32)28-45-20-22-48(4,5)6)37-33-18-19-39(2,3)26-34(33)40-43(37)29-46-21-23-49(7,8)9/h11-17,24-25,37,40H,10,18-23,26-29H2,1-9H3. The molecule has 268 valence electrons. The Morgan fingerprint density at radius 1 is 0.939 bits per heavy atom. The van der Waals surface area contributed by atoms with Crippen LogP contribution in [0.5, 0.6) is 0 Å². The van der Waals surface area contributed by atoms with Gasteiger partial charge >= 0.3 is 6.09 Å². The summed E-state index contributed by atoms with van der Waals surface area (Å²) in [7, 11) is -2.46. The molecule has 3 aromatic rings. The van der Waals surface area contributed by atoms with Gasteiger partial charge in [0.05, 0.1) is 11.6 Å². The van der Waals surface area contributed by atoms with Crippen LogP contribution >= 0.6 is 0 Å². The fourth-order valence-corrected chi connectivity index (χ4v) is 8.19. The van der Waals surface area contributed by atoms with Gasteiger partial charge in [0.25, 0.3) is 0 Å². The summed E-state index contributed by atoms with van der Waals surface area (Å²) in [6.45, 7) is 24.3. The second kappa shape index (κ2) is 15.6. The Hall–Kier alpha value is -2.90. The maximum Gasteiger partial charge on any atom is 0.414 e. The number of allylic oxidation sites excluding steroid dienone is 1. The number of nitrogens with one attached hydrogen (secondary N) is 1. The second-order valence-corrected chi connectivity index (χ2v) is 28.3. The Morgan fingerprint density at radius 2 is 1.61 bits per heavy atom. The number of benzene rings is 2. The van der Waals surface area contributed by atoms with E-state index in [1.54, 1.807) is 4.90 Å². The molecule has 0 saturated heterocycles. The molecule has 1 atom stereocenters. The molecule has 0 fully saturated rings. The minimum absolute atomic E-state index is 0.0348. The Bertz CT molecular complexity index is 1610. The third-order valence-corrected chi connectivity index (χ3v) is 13.1. The minimum Gasteiger partial charge on any atom is -0.444 e. The van der Waals surface area contributed by atoms with Crippen LogP contribution in [0.4, 0.5) is 10.5 Å². The molecule has 0 spiro atoms. The molecule has 2 aromatic carbocycles. The summed E-state index contributed by atoms with van der Waals surface area (Å²) in [5, 5.41) is 3.44. The molecule has 1 amide bonds. The van der Waals surface area contributed by atoms with Crippen LogP contribution in [-0.4, -0.2) is 58.3 Å². The number of nitrogens with zero attached hydrogens (tertiary/aromatic N) is 3. The van der Waals surface area contributed by atoms with Crippen molar-refractivity contribution >= 4 is 38.8 Å². The van der Waals surface area contributed by atoms with Crippen molar-refractivity contribution in [2.24, 2.45) is 5.41 Å². The lowest BCUT2D eigenvalue weighted by Gasteiger charge is -2.31. The smallest absolute Gasteiger partial charge is 0.414 e. The quantitative estimate of drug-likeness (QED) is 0.126. The molecule has 1 aliphatic heterocycles. The van der Waals surface area contributed by atoms with E-state index in [1.165, 1.54) is 17.0 Å². The van der Waals surface area contributed by atoms with Gasteiger partial charge in [0.1, 0.15) is 20.1 Å². The summed E-state index contributed by atoms with van der Waals surface area (Å²) < 4.78 is 20.9. The van der Waals surface area contributed by atoms with E-state index in [1.807, 2.05) is 43.3 Å². The van der Waals surface area contributed by atoms with Crippen molar-refractivity contribution in [1.82, 2.24) is 15.0 Å². The molecule has 1 N–H and O–H groups in total. The average Bonchev–Trinajstić information content (AvgIpc) is 3.56. The number of ether oxygens (including phenoxy) is 3. The average molecular weight is 705 g/mol. The summed E-state index contributed by atoms with van der Waals surface area (Å²) >= 11 is 0. The number of carbonyl (C=O) groups excluding carboxylic acids is 1. The number of rotatable bonds is 15. The zero-order chi connectivity index (χ0) is 35.4. The summed E-state index contributed by atoms with van der Waals surface area (Å²) in [6, 6.07) is 20.7. The maximum atomic E-state index is 13.4. The van der Waals surface area contributed by atoms with Crippen molar-refractivity contribution in [3.63, 3.8) is 0 Å². The van der Waals surface area contributed by atoms with E-state index in [2.05, 4.69) is 86.3 Å². The lowest BCUT2D eigenvalue weighted by Crippen LogP contribution is -2.38. The van der Waals surface area contributed by atoms with E-state index in [9.17, 15) is 4.79 Å². The predicted molar refractivity (Wildman–Crippen MR) is 207 cm³/mol. The molecule has 49 heavy (non-hydrogen) atoms. The van der Waals surface area contributed by atoms with Gasteiger partial charge in [0.2, 0.25) is 0 Å². The molecule has 10 heteroatoms. The highest BCUT2D eigenvalue weighted by Crippen LogP contribution is 2.48. The lowest BCUT2D eigenvalue weighted by atomic mass is 9.75. The monoisotopic (exact) mass is 704 g/mol. The highest BCUT2D eigenvalue weighted by atomic mass is 28.3. The zero-order valence-corrected chi connectivity index (χ0v) is 33.5. The van der Waals surface area contributed by atoms with Crippen molar-refractivity contribution in [2.45, 2.75) is 111 Å². The zero-order valence-electron chi connectivity index (χ0n) is 31.5. The molecule has 0 radical (unpaired) electrons. The van der Waals surface area contributed by atoms with Crippen molar-refractivity contribution in [2.75, 3.05) is 31.4 Å². The summed E-state index contributed by atoms with van der Waals surface area (Å²) in [5.41, 5.74) is 10.9. The first-order valence-electron chi connectivity index (χ1n) is 18.2. The molecule has 1 aliphatic carbocycles. The fraction of sp³-hybridized carbons (Fsp3) is 0.564. The third-order valence-electron chi connectivity index (χ3n) is 9.73. The number of hydrazine groups is 1. The van der Waals surface area contributed by atoms with Gasteiger partial charge in [-0.3, -0.25) is 4.90 Å². The Kier molecular flexibility index (Phi) is 11.9. The number of hydrogen-bond acceptors (Lipinski definition) is 6. The fourth-order valence-electron chi connectivity index (χ4n) is 6.68. The van der Waals surface area contributed by atoms with Gasteiger partial charge in [-0.1, -0.05) is 89.5 Å². The summed E-state index contributed by atoms with van der Waals surface area (Å²) in [6.07, 6.45) is 2.88. The number of aromatic nitrogens is 1. The Morgan fingerprint density at radius 3 is 2.27 bits per heavy atom. The second-order valence-electron chi connectivity index (χ2n) is 17.0. The molecule has 8 nitrogen and oxygen atoms in total. The van der Waals surface area contributed by atoms with E-state index in [-0.39, 0.29) is 24.2 Å². The van der Waals surface area contributed by atoms with Crippen LogP contribution in [0.15, 0.2) is 65.9 Å². The van der Waals surface area contributed by atoms with Crippen LogP contribution in [0.3, 0.4) is 0 Å². The van der Waals surface area contributed by atoms with Crippen LogP contribution in [-0.2, 0) is 27.5 Å². The third kappa shape index (κ3) is 9.88. The highest BCUT2D eigenvalue weighted by molar-refractivity contribution is 6.76. The number of carbonyl (C=O) groups is 1. The molecule has 1 aromatic heterocycles. The first-order chi connectivity index (χ1) is 23.1. The van der Waals surface area contributed by atoms with Crippen LogP contribution in [0.1, 0.15) is 57.3 Å². The van der Waals surface area contributed by atoms with Gasteiger partial charge in [-0.05, 0) is 73.0 Å². The number of anilines is 1. The summed E-state index contributed by atoms with van der Waals surface area (Å²) in [5.74, 6) is 0. The highest BCUT2D eigenvalue weighted by Gasteiger charge is 2.41. The van der Waals surface area contributed by atoms with Crippen LogP contribution in [0.2, 0.25) is 51.4 Å². The largest absolute Gasteiger partial charge is 0.444 e. The van der Waals surface area contributed by atoms with Crippen LogP contribution in [0.25, 0.3) is 10.9 Å². The number of fused-ring (bicyclic) bond motifs is 1. The van der Waals surface area contributed by atoms with Gasteiger partial charge in [-0.15, -0.1) is 0 Å². The molecule has 2 aliphatic rings. The molecular weight excluding hydrogens is 645 g/mol. The lowest BCUT2D eigenvalue weighted by molar-refractivity contribution is -0.00157. The Labute approximate surface area is 296 Å². The minimum atomic E-state index is -1.26. The van der Waals surface area contributed by atoms with E-state index in [0.29, 0.717) is 20.0 Å². The van der Waals surface area contributed by atoms with Gasteiger partial charge < -0.3 is 24.2 Å². The number of amides is 1. The van der Waals surface area contributed by atoms with Gasteiger partial charge in [-0.25, -0.2) is 4.79 Å². The van der Waals surface area contributed by atoms with Gasteiger partial charge in [0.15, 0.2) is 0 Å². The van der Waals surface area contributed by atoms with Crippen molar-refractivity contribution in [1.29, 1.82) is 0 Å². The molecule has 5 rings (SSSR count). The molecule has 1 unspecified atom stereocenters. The van der Waals surface area contributed by atoms with Crippen molar-refractivity contribution in [3.05, 3.63) is 77.1 Å². The molecule has 0 bridgehead atoms. The van der Waals surface area contributed by atoms with Crippen molar-refractivity contribution in [3.8, 4) is 0 Å². The van der Waals surface area contributed by atoms with E-state index >= 15 is 0 Å². The first kappa shape index (κ1) is 37.4. The molecule has 0 saturated carbocycles. The van der Waals surface area contributed by atoms with E-state index < -0.39 is 16.1 Å². The number of hydrogen-bond donors (Lipinski definition) is 1. The summed E-state index contributed by atoms with van der Waals surface area (Å²) in [4.78, 5) is 15.1. The van der Waals surface area contributed by atoms with Crippen molar-refractivity contribution < 1.29 is 19.0 Å². The van der Waals surface area contributed by atoms with Crippen LogP contribution in [0, 0.1) is 5.41 Å².